The summed E-state index contributed by atoms with van der Waals surface area (Å²) < 4.78 is 5.09. The van der Waals surface area contributed by atoms with Crippen LogP contribution in [0.1, 0.15) is 50.2 Å². The first-order valence-electron chi connectivity index (χ1n) is 12.3. The zero-order chi connectivity index (χ0) is 24.2. The number of unbranched alkanes of at least 4 members (excludes halogenated alkanes) is 2. The molecule has 34 heavy (non-hydrogen) atoms. The van der Waals surface area contributed by atoms with Gasteiger partial charge in [0.1, 0.15) is 6.04 Å². The lowest BCUT2D eigenvalue weighted by Crippen LogP contribution is -2.45. The Hall–Kier alpha value is -2.96. The topological polar surface area (TPSA) is 78.9 Å². The molecule has 1 fully saturated rings. The van der Waals surface area contributed by atoms with E-state index >= 15 is 0 Å². The van der Waals surface area contributed by atoms with Gasteiger partial charge in [-0.15, -0.1) is 0 Å². The fraction of sp³-hybridized carbons (Fsp3) is 0.429. The van der Waals surface area contributed by atoms with E-state index in [0.717, 1.165) is 54.5 Å². The first-order chi connectivity index (χ1) is 16.6. The third kappa shape index (κ3) is 7.54. The van der Waals surface area contributed by atoms with Crippen LogP contribution in [-0.4, -0.2) is 54.2 Å². The molecule has 6 heteroatoms. The van der Waals surface area contributed by atoms with Gasteiger partial charge in [0, 0.05) is 6.54 Å². The molecule has 1 unspecified atom stereocenters. The number of esters is 1. The number of nitrogens with zero attached hydrogens (tertiary/aromatic N) is 1. The molecule has 1 saturated heterocycles. The predicted molar refractivity (Wildman–Crippen MR) is 135 cm³/mol. The molecule has 0 radical (unpaired) electrons. The first-order valence-corrected chi connectivity index (χ1v) is 12.3. The van der Waals surface area contributed by atoms with E-state index in [1.165, 1.54) is 0 Å². The average molecular weight is 465 g/mol. The molecule has 1 aliphatic heterocycles. The summed E-state index contributed by atoms with van der Waals surface area (Å²) in [7, 11) is 0. The van der Waals surface area contributed by atoms with Crippen molar-refractivity contribution in [2.45, 2.75) is 51.7 Å². The van der Waals surface area contributed by atoms with E-state index in [2.05, 4.69) is 47.8 Å². The van der Waals surface area contributed by atoms with Crippen molar-refractivity contribution < 1.29 is 19.4 Å². The molecule has 182 valence electrons. The molecule has 0 saturated carbocycles. The van der Waals surface area contributed by atoms with Crippen molar-refractivity contribution in [1.29, 1.82) is 0 Å². The zero-order valence-corrected chi connectivity index (χ0v) is 20.0. The number of ether oxygens (including phenoxy) is 1. The number of hydrogen-bond acceptors (Lipinski definition) is 5. The molecule has 0 aromatic heterocycles. The number of allylic oxidation sites excluding steroid dienone is 1. The largest absolute Gasteiger partial charge is 0.464 e. The van der Waals surface area contributed by atoms with Crippen molar-refractivity contribution >= 4 is 18.0 Å². The Labute approximate surface area is 202 Å². The van der Waals surface area contributed by atoms with Gasteiger partial charge in [0.15, 0.2) is 0 Å². The van der Waals surface area contributed by atoms with E-state index in [4.69, 9.17) is 4.74 Å². The minimum Gasteiger partial charge on any atom is -0.464 e. The lowest BCUT2D eigenvalue weighted by Gasteiger charge is -2.23. The summed E-state index contributed by atoms with van der Waals surface area (Å²) in [4.78, 5) is 26.1. The van der Waals surface area contributed by atoms with E-state index in [1.54, 1.807) is 11.8 Å². The molecule has 6 nitrogen and oxygen atoms in total. The van der Waals surface area contributed by atoms with Gasteiger partial charge in [0.25, 0.3) is 0 Å². The lowest BCUT2D eigenvalue weighted by atomic mass is 10.0. The summed E-state index contributed by atoms with van der Waals surface area (Å²) in [6.45, 7) is 3.83. The summed E-state index contributed by atoms with van der Waals surface area (Å²) in [5.41, 5.74) is 4.30. The normalized spacial score (nSPS) is 15.7. The summed E-state index contributed by atoms with van der Waals surface area (Å²) in [6.07, 6.45) is 8.84. The van der Waals surface area contributed by atoms with Gasteiger partial charge in [0.2, 0.25) is 5.91 Å². The molecule has 0 spiro atoms. The fourth-order valence-electron chi connectivity index (χ4n) is 4.25. The maximum atomic E-state index is 12.5. The maximum Gasteiger partial charge on any atom is 0.328 e. The highest BCUT2D eigenvalue weighted by atomic mass is 16.5. The molecule has 0 aliphatic carbocycles. The number of benzene rings is 2. The molecule has 1 amide bonds. The van der Waals surface area contributed by atoms with E-state index < -0.39 is 6.04 Å². The third-order valence-electron chi connectivity index (χ3n) is 6.02. The second-order valence-electron chi connectivity index (χ2n) is 8.56. The van der Waals surface area contributed by atoms with Gasteiger partial charge in [-0.1, -0.05) is 48.6 Å². The monoisotopic (exact) mass is 464 g/mol. The standard InChI is InChI=1S/C28H36N2O4/c1-2-34-28(33)26-15-9-17-30(26)27(32)20-29-16-6-4-3-5-10-22-11-7-13-24(18-22)25-14-8-12-23(19-25)21-31/h5,7-8,10-14,18-19,26,29,31H,2-4,6,9,15-17,20-21H2,1H3/b10-5+. The fourth-order valence-corrected chi connectivity index (χ4v) is 4.25. The van der Waals surface area contributed by atoms with Gasteiger partial charge in [-0.2, -0.15) is 0 Å². The zero-order valence-electron chi connectivity index (χ0n) is 20.0. The predicted octanol–water partition coefficient (Wildman–Crippen LogP) is 4.17. The van der Waals surface area contributed by atoms with Crippen molar-refractivity contribution in [2.75, 3.05) is 26.2 Å². The quantitative estimate of drug-likeness (QED) is 0.364. The van der Waals surface area contributed by atoms with Crippen molar-refractivity contribution in [3.8, 4) is 11.1 Å². The third-order valence-corrected chi connectivity index (χ3v) is 6.02. The maximum absolute atomic E-state index is 12.5. The Morgan fingerprint density at radius 1 is 1.15 bits per heavy atom. The molecule has 2 aromatic carbocycles. The Balaban J connectivity index is 1.35. The number of amides is 1. The molecule has 0 bridgehead atoms. The van der Waals surface area contributed by atoms with Crippen LogP contribution in [0.3, 0.4) is 0 Å². The van der Waals surface area contributed by atoms with Crippen LogP contribution in [0.2, 0.25) is 0 Å². The highest BCUT2D eigenvalue weighted by Gasteiger charge is 2.34. The average Bonchev–Trinajstić information content (AvgIpc) is 3.36. The van der Waals surface area contributed by atoms with Gasteiger partial charge in [-0.3, -0.25) is 4.79 Å². The van der Waals surface area contributed by atoms with Crippen LogP contribution in [0, 0.1) is 0 Å². The molecule has 3 rings (SSSR count). The number of rotatable bonds is 12. The van der Waals surface area contributed by atoms with Gasteiger partial charge in [0.05, 0.1) is 19.8 Å². The number of hydrogen-bond donors (Lipinski definition) is 2. The Bertz CT molecular complexity index is 972. The second-order valence-corrected chi connectivity index (χ2v) is 8.56. The Morgan fingerprint density at radius 2 is 1.94 bits per heavy atom. The lowest BCUT2D eigenvalue weighted by molar-refractivity contribution is -0.152. The van der Waals surface area contributed by atoms with Crippen LogP contribution >= 0.6 is 0 Å². The number of likely N-dealkylation sites (tertiary alicyclic amines) is 1. The van der Waals surface area contributed by atoms with Gasteiger partial charge in [-0.05, 0) is 80.0 Å². The summed E-state index contributed by atoms with van der Waals surface area (Å²) in [6, 6.07) is 15.9. The smallest absolute Gasteiger partial charge is 0.328 e. The van der Waals surface area contributed by atoms with E-state index in [-0.39, 0.29) is 25.0 Å². The van der Waals surface area contributed by atoms with Crippen LogP contribution in [0.15, 0.2) is 54.6 Å². The molecular weight excluding hydrogens is 428 g/mol. The van der Waals surface area contributed by atoms with E-state index in [1.807, 2.05) is 18.2 Å². The minimum atomic E-state index is -0.420. The Kier molecular flexibility index (Phi) is 10.3. The molecular formula is C28H36N2O4. The first kappa shape index (κ1) is 25.7. The SMILES string of the molecule is CCOC(=O)C1CCCN1C(=O)CNCCCC/C=C/c1cccc(-c2cccc(CO)c2)c1. The van der Waals surface area contributed by atoms with Crippen molar-refractivity contribution in [3.63, 3.8) is 0 Å². The number of carbonyl (C=O) groups excluding carboxylic acids is 2. The number of carbonyl (C=O) groups is 2. The molecule has 2 aromatic rings. The van der Waals surface area contributed by atoms with Gasteiger partial charge >= 0.3 is 5.97 Å². The number of nitrogens with one attached hydrogen (secondary N) is 1. The summed E-state index contributed by atoms with van der Waals surface area (Å²) in [5.74, 6) is -0.316. The van der Waals surface area contributed by atoms with Crippen molar-refractivity contribution in [2.24, 2.45) is 0 Å². The Morgan fingerprint density at radius 3 is 2.74 bits per heavy atom. The summed E-state index contributed by atoms with van der Waals surface area (Å²) >= 11 is 0. The molecule has 1 heterocycles. The molecule has 2 N–H and O–H groups in total. The highest BCUT2D eigenvalue weighted by molar-refractivity contribution is 5.86. The number of aliphatic hydroxyl groups is 1. The van der Waals surface area contributed by atoms with Crippen LogP contribution < -0.4 is 5.32 Å². The molecule has 1 atom stereocenters. The molecule has 1 aliphatic rings. The van der Waals surface area contributed by atoms with Crippen molar-refractivity contribution in [1.82, 2.24) is 10.2 Å². The highest BCUT2D eigenvalue weighted by Crippen LogP contribution is 2.22. The van der Waals surface area contributed by atoms with E-state index in [0.29, 0.717) is 19.6 Å². The van der Waals surface area contributed by atoms with Crippen LogP contribution in [0.4, 0.5) is 0 Å². The number of aliphatic hydroxyl groups excluding tert-OH is 1. The van der Waals surface area contributed by atoms with Crippen LogP contribution in [0.5, 0.6) is 0 Å². The van der Waals surface area contributed by atoms with E-state index in [9.17, 15) is 14.7 Å². The van der Waals surface area contributed by atoms with Gasteiger partial charge < -0.3 is 20.1 Å². The van der Waals surface area contributed by atoms with Gasteiger partial charge in [-0.25, -0.2) is 4.79 Å². The minimum absolute atomic E-state index is 0.0279. The van der Waals surface area contributed by atoms with Crippen LogP contribution in [-0.2, 0) is 20.9 Å². The second kappa shape index (κ2) is 13.7. The van der Waals surface area contributed by atoms with Crippen molar-refractivity contribution in [3.05, 3.63) is 65.7 Å². The summed E-state index contributed by atoms with van der Waals surface area (Å²) in [5, 5.41) is 12.6. The van der Waals surface area contributed by atoms with Crippen LogP contribution in [0.25, 0.3) is 17.2 Å².